The first-order valence-electron chi connectivity index (χ1n) is 9.33. The Bertz CT molecular complexity index is 956. The largest absolute Gasteiger partial charge is 0.325 e. The fourth-order valence-electron chi connectivity index (χ4n) is 3.55. The van der Waals surface area contributed by atoms with Crippen LogP contribution in [0, 0.1) is 26.7 Å². The summed E-state index contributed by atoms with van der Waals surface area (Å²) >= 11 is 3.46. The highest BCUT2D eigenvalue weighted by Gasteiger charge is 2.32. The predicted octanol–water partition coefficient (Wildman–Crippen LogP) is 4.41. The topological polar surface area (TPSA) is 66.5 Å². The van der Waals surface area contributed by atoms with Crippen molar-refractivity contribution in [3.63, 3.8) is 0 Å². The zero-order valence-corrected chi connectivity index (χ0v) is 18.7. The Morgan fingerprint density at radius 2 is 1.57 bits per heavy atom. The van der Waals surface area contributed by atoms with Gasteiger partial charge in [-0.1, -0.05) is 33.6 Å². The number of sulfonamides is 1. The van der Waals surface area contributed by atoms with Crippen LogP contribution in [0.2, 0.25) is 0 Å². The standard InChI is InChI=1S/C21H25BrN2O3S/c1-14-4-6-19(7-5-14)28(26,27)24-10-8-17(9-11-24)21(25)23-20-15(2)12-18(22)13-16(20)3/h4-7,12-13,17H,8-11H2,1-3H3,(H,23,25). The number of piperidine rings is 1. The Kier molecular flexibility index (Phi) is 6.27. The average Bonchev–Trinajstić information content (AvgIpc) is 2.65. The van der Waals surface area contributed by atoms with Crippen LogP contribution in [0.5, 0.6) is 0 Å². The second-order valence-corrected chi connectivity index (χ2v) is 10.2. The fourth-order valence-corrected chi connectivity index (χ4v) is 5.71. The van der Waals surface area contributed by atoms with Crippen molar-refractivity contribution >= 4 is 37.5 Å². The Hall–Kier alpha value is -1.70. The van der Waals surface area contributed by atoms with Crippen molar-refractivity contribution in [3.05, 3.63) is 57.6 Å². The molecule has 0 unspecified atom stereocenters. The molecule has 0 atom stereocenters. The SMILES string of the molecule is Cc1ccc(S(=O)(=O)N2CCC(C(=O)Nc3c(C)cc(Br)cc3C)CC2)cc1. The molecule has 0 aliphatic carbocycles. The maximum atomic E-state index is 12.8. The van der Waals surface area contributed by atoms with Gasteiger partial charge >= 0.3 is 0 Å². The van der Waals surface area contributed by atoms with Crippen LogP contribution in [0.1, 0.15) is 29.5 Å². The van der Waals surface area contributed by atoms with Gasteiger partial charge in [0.2, 0.25) is 15.9 Å². The molecular weight excluding hydrogens is 440 g/mol. The molecule has 1 saturated heterocycles. The van der Waals surface area contributed by atoms with Crippen molar-refractivity contribution in [2.75, 3.05) is 18.4 Å². The van der Waals surface area contributed by atoms with E-state index in [1.54, 1.807) is 24.3 Å². The van der Waals surface area contributed by atoms with Crippen molar-refractivity contribution in [3.8, 4) is 0 Å². The molecule has 0 saturated carbocycles. The van der Waals surface area contributed by atoms with E-state index < -0.39 is 10.0 Å². The smallest absolute Gasteiger partial charge is 0.243 e. The maximum Gasteiger partial charge on any atom is 0.243 e. The van der Waals surface area contributed by atoms with E-state index >= 15 is 0 Å². The number of hydrogen-bond donors (Lipinski definition) is 1. The lowest BCUT2D eigenvalue weighted by Gasteiger charge is -2.30. The second kappa shape index (κ2) is 8.35. The summed E-state index contributed by atoms with van der Waals surface area (Å²) in [5, 5.41) is 3.04. The van der Waals surface area contributed by atoms with Crippen LogP contribution in [-0.4, -0.2) is 31.7 Å². The van der Waals surface area contributed by atoms with Gasteiger partial charge in [-0.3, -0.25) is 4.79 Å². The van der Waals surface area contributed by atoms with E-state index in [2.05, 4.69) is 21.2 Å². The van der Waals surface area contributed by atoms with Crippen LogP contribution in [-0.2, 0) is 14.8 Å². The number of benzene rings is 2. The van der Waals surface area contributed by atoms with E-state index in [1.165, 1.54) is 4.31 Å². The summed E-state index contributed by atoms with van der Waals surface area (Å²) in [7, 11) is -3.51. The van der Waals surface area contributed by atoms with Crippen LogP contribution in [0.15, 0.2) is 45.8 Å². The molecule has 2 aromatic rings. The number of nitrogens with zero attached hydrogens (tertiary/aromatic N) is 1. The van der Waals surface area contributed by atoms with Crippen LogP contribution >= 0.6 is 15.9 Å². The summed E-state index contributed by atoms with van der Waals surface area (Å²) < 4.78 is 28.1. The number of rotatable bonds is 4. The zero-order valence-electron chi connectivity index (χ0n) is 16.3. The highest BCUT2D eigenvalue weighted by molar-refractivity contribution is 9.10. The van der Waals surface area contributed by atoms with Crippen molar-refractivity contribution in [1.29, 1.82) is 0 Å². The van der Waals surface area contributed by atoms with Gasteiger partial charge in [0.05, 0.1) is 4.90 Å². The van der Waals surface area contributed by atoms with Gasteiger partial charge in [0.25, 0.3) is 0 Å². The minimum absolute atomic E-state index is 0.0408. The second-order valence-electron chi connectivity index (χ2n) is 7.40. The molecule has 1 amide bonds. The molecule has 0 aromatic heterocycles. The third-order valence-electron chi connectivity index (χ3n) is 5.23. The first-order chi connectivity index (χ1) is 13.2. The quantitative estimate of drug-likeness (QED) is 0.728. The van der Waals surface area contributed by atoms with Crippen molar-refractivity contribution in [2.45, 2.75) is 38.5 Å². The number of halogens is 1. The number of carbonyl (C=O) groups excluding carboxylic acids is 1. The first-order valence-corrected chi connectivity index (χ1v) is 11.6. The van der Waals surface area contributed by atoms with E-state index in [0.29, 0.717) is 30.8 Å². The molecule has 0 bridgehead atoms. The molecule has 1 fully saturated rings. The lowest BCUT2D eigenvalue weighted by atomic mass is 9.96. The zero-order chi connectivity index (χ0) is 20.5. The molecule has 0 radical (unpaired) electrons. The first kappa shape index (κ1) is 21.0. The molecule has 150 valence electrons. The molecular formula is C21H25BrN2O3S. The van der Waals surface area contributed by atoms with Crippen molar-refractivity contribution in [2.24, 2.45) is 5.92 Å². The van der Waals surface area contributed by atoms with Gasteiger partial charge in [-0.25, -0.2) is 8.42 Å². The average molecular weight is 465 g/mol. The summed E-state index contributed by atoms with van der Waals surface area (Å²) in [5.41, 5.74) is 3.86. The third-order valence-corrected chi connectivity index (χ3v) is 7.60. The lowest BCUT2D eigenvalue weighted by molar-refractivity contribution is -0.120. The summed E-state index contributed by atoms with van der Waals surface area (Å²) in [5.74, 6) is -0.229. The Morgan fingerprint density at radius 3 is 2.11 bits per heavy atom. The fraction of sp³-hybridized carbons (Fsp3) is 0.381. The van der Waals surface area contributed by atoms with Gasteiger partial charge in [0.1, 0.15) is 0 Å². The summed E-state index contributed by atoms with van der Waals surface area (Å²) in [4.78, 5) is 13.0. The Labute approximate surface area is 175 Å². The molecule has 3 rings (SSSR count). The highest BCUT2D eigenvalue weighted by atomic mass is 79.9. The monoisotopic (exact) mass is 464 g/mol. The predicted molar refractivity (Wildman–Crippen MR) is 115 cm³/mol. The molecule has 2 aromatic carbocycles. The minimum atomic E-state index is -3.51. The number of nitrogens with one attached hydrogen (secondary N) is 1. The normalized spacial score (nSPS) is 16.1. The maximum absolute atomic E-state index is 12.8. The molecule has 1 aliphatic rings. The van der Waals surface area contributed by atoms with E-state index in [0.717, 1.165) is 26.9 Å². The number of anilines is 1. The number of carbonyl (C=O) groups is 1. The van der Waals surface area contributed by atoms with Gasteiger partial charge < -0.3 is 5.32 Å². The highest BCUT2D eigenvalue weighted by Crippen LogP contribution is 2.28. The van der Waals surface area contributed by atoms with Crippen molar-refractivity contribution < 1.29 is 13.2 Å². The van der Waals surface area contributed by atoms with Gasteiger partial charge in [0.15, 0.2) is 0 Å². The van der Waals surface area contributed by atoms with Crippen LogP contribution in [0.4, 0.5) is 5.69 Å². The van der Waals surface area contributed by atoms with Crippen molar-refractivity contribution in [1.82, 2.24) is 4.31 Å². The lowest BCUT2D eigenvalue weighted by Crippen LogP contribution is -2.41. The van der Waals surface area contributed by atoms with Crippen LogP contribution < -0.4 is 5.32 Å². The number of aryl methyl sites for hydroxylation is 3. The molecule has 0 spiro atoms. The number of amides is 1. The Morgan fingerprint density at radius 1 is 1.04 bits per heavy atom. The molecule has 28 heavy (non-hydrogen) atoms. The third kappa shape index (κ3) is 4.47. The molecule has 1 heterocycles. The van der Waals surface area contributed by atoms with Gasteiger partial charge in [-0.2, -0.15) is 4.31 Å². The molecule has 7 heteroatoms. The molecule has 5 nitrogen and oxygen atoms in total. The molecule has 1 aliphatic heterocycles. The Balaban J connectivity index is 1.65. The number of hydrogen-bond acceptors (Lipinski definition) is 3. The van der Waals surface area contributed by atoms with Crippen LogP contribution in [0.3, 0.4) is 0 Å². The van der Waals surface area contributed by atoms with E-state index in [-0.39, 0.29) is 11.8 Å². The summed E-state index contributed by atoms with van der Waals surface area (Å²) in [6, 6.07) is 10.8. The molecule has 1 N–H and O–H groups in total. The van der Waals surface area contributed by atoms with Gasteiger partial charge in [-0.15, -0.1) is 0 Å². The van der Waals surface area contributed by atoms with E-state index in [1.807, 2.05) is 32.9 Å². The van der Waals surface area contributed by atoms with Gasteiger partial charge in [-0.05, 0) is 69.0 Å². The van der Waals surface area contributed by atoms with Gasteiger partial charge in [0, 0.05) is 29.2 Å². The van der Waals surface area contributed by atoms with E-state index in [9.17, 15) is 13.2 Å². The summed E-state index contributed by atoms with van der Waals surface area (Å²) in [6.07, 6.45) is 1.04. The minimum Gasteiger partial charge on any atom is -0.325 e. The summed E-state index contributed by atoms with van der Waals surface area (Å²) in [6.45, 7) is 6.56. The van der Waals surface area contributed by atoms with Crippen LogP contribution in [0.25, 0.3) is 0 Å². The van der Waals surface area contributed by atoms with E-state index in [4.69, 9.17) is 0 Å².